The van der Waals surface area contributed by atoms with Gasteiger partial charge < -0.3 is 5.11 Å². The molecule has 2 N–H and O–H groups in total. The lowest BCUT2D eigenvalue weighted by molar-refractivity contribution is 0.451. The highest BCUT2D eigenvalue weighted by Crippen LogP contribution is 2.30. The summed E-state index contributed by atoms with van der Waals surface area (Å²) in [6.45, 7) is 0. The molecule has 0 amide bonds. The molecule has 0 fully saturated rings. The molecule has 0 bridgehead atoms. The molecule has 4 heteroatoms. The van der Waals surface area contributed by atoms with Crippen LogP contribution in [0.2, 0.25) is 0 Å². The summed E-state index contributed by atoms with van der Waals surface area (Å²) in [5.41, 5.74) is 5.45. The Morgan fingerprint density at radius 3 is 2.68 bits per heavy atom. The van der Waals surface area contributed by atoms with Crippen LogP contribution in [0.1, 0.15) is 33.6 Å². The molecule has 128 valence electrons. The third-order valence-electron chi connectivity index (χ3n) is 5.03. The van der Waals surface area contributed by atoms with Crippen molar-refractivity contribution < 1.29 is 5.11 Å². The van der Waals surface area contributed by atoms with E-state index < -0.39 is 0 Å². The molecule has 1 aliphatic rings. The van der Waals surface area contributed by atoms with Crippen LogP contribution in [-0.4, -0.2) is 10.1 Å². The van der Waals surface area contributed by atoms with Crippen molar-refractivity contribution >= 4 is 11.3 Å². The van der Waals surface area contributed by atoms with E-state index in [0.29, 0.717) is 17.2 Å². The van der Waals surface area contributed by atoms with E-state index in [1.807, 2.05) is 0 Å². The molecule has 1 atom stereocenters. The summed E-state index contributed by atoms with van der Waals surface area (Å²) in [6.07, 6.45) is 5.21. The fourth-order valence-electron chi connectivity index (χ4n) is 3.77. The van der Waals surface area contributed by atoms with Gasteiger partial charge in [-0.15, -0.1) is 0 Å². The first-order chi connectivity index (χ1) is 12.2. The predicted molar refractivity (Wildman–Crippen MR) is 102 cm³/mol. The summed E-state index contributed by atoms with van der Waals surface area (Å²) in [4.78, 5) is 14.3. The van der Waals surface area contributed by atoms with Crippen molar-refractivity contribution in [3.63, 3.8) is 0 Å². The minimum Gasteiger partial charge on any atom is -0.494 e. The van der Waals surface area contributed by atoms with Gasteiger partial charge in [0.25, 0.3) is 0 Å². The zero-order chi connectivity index (χ0) is 17.2. The number of benzene rings is 2. The molecule has 3 nitrogen and oxygen atoms in total. The van der Waals surface area contributed by atoms with Gasteiger partial charge in [-0.3, -0.25) is 9.78 Å². The minimum atomic E-state index is -0.200. The Bertz CT molecular complexity index is 927. The summed E-state index contributed by atoms with van der Waals surface area (Å²) >= 11 is 1.09. The molecule has 0 aliphatic heterocycles. The summed E-state index contributed by atoms with van der Waals surface area (Å²) in [7, 11) is 0. The van der Waals surface area contributed by atoms with E-state index in [-0.39, 0.29) is 10.8 Å². The Kier molecular flexibility index (Phi) is 4.45. The van der Waals surface area contributed by atoms with E-state index in [1.165, 1.54) is 23.1 Å². The van der Waals surface area contributed by atoms with Crippen LogP contribution >= 0.6 is 11.3 Å². The molecular formula is C21H21NO2S. The van der Waals surface area contributed by atoms with Crippen molar-refractivity contribution in [2.75, 3.05) is 0 Å². The normalized spacial score (nSPS) is 16.6. The van der Waals surface area contributed by atoms with Crippen molar-refractivity contribution in [2.24, 2.45) is 5.92 Å². The lowest BCUT2D eigenvalue weighted by atomic mass is 9.80. The van der Waals surface area contributed by atoms with Crippen LogP contribution < -0.4 is 4.87 Å². The van der Waals surface area contributed by atoms with E-state index in [4.69, 9.17) is 0 Å². The molecule has 1 aromatic heterocycles. The van der Waals surface area contributed by atoms with E-state index in [9.17, 15) is 9.90 Å². The number of H-pyrrole nitrogens is 1. The number of nitrogens with one attached hydrogen (secondary N) is 1. The maximum atomic E-state index is 11.3. The molecule has 1 heterocycles. The Balaban J connectivity index is 1.47. The zero-order valence-corrected chi connectivity index (χ0v) is 14.8. The average Bonchev–Trinajstić information content (AvgIpc) is 2.93. The zero-order valence-electron chi connectivity index (χ0n) is 14.0. The number of aromatic amines is 1. The third-order valence-corrected chi connectivity index (χ3v) is 5.91. The van der Waals surface area contributed by atoms with E-state index in [2.05, 4.69) is 53.5 Å². The molecule has 0 spiro atoms. The smallest absolute Gasteiger partial charge is 0.307 e. The second-order valence-corrected chi connectivity index (χ2v) is 7.93. The summed E-state index contributed by atoms with van der Waals surface area (Å²) < 4.78 is 0. The number of fused-ring (bicyclic) bond motifs is 1. The topological polar surface area (TPSA) is 53.1 Å². The standard InChI is InChI=1S/C21H21NO2S/c23-20-19(25-21(24)22-20)13-16-7-9-17-11-15(6-8-18(17)12-16)10-14-4-2-1-3-5-14/h1-5,7,9,12,15,23H,6,8,10-11,13H2,(H,22,24). The molecule has 4 rings (SSSR count). The summed E-state index contributed by atoms with van der Waals surface area (Å²) in [6, 6.07) is 17.3. The van der Waals surface area contributed by atoms with Gasteiger partial charge in [0.15, 0.2) is 0 Å². The first-order valence-corrected chi connectivity index (χ1v) is 9.54. The van der Waals surface area contributed by atoms with Crippen LogP contribution in [0.3, 0.4) is 0 Å². The van der Waals surface area contributed by atoms with Gasteiger partial charge in [-0.25, -0.2) is 0 Å². The number of aromatic hydroxyl groups is 1. The van der Waals surface area contributed by atoms with E-state index >= 15 is 0 Å². The van der Waals surface area contributed by atoms with Gasteiger partial charge >= 0.3 is 4.87 Å². The molecule has 1 aliphatic carbocycles. The number of rotatable bonds is 4. The van der Waals surface area contributed by atoms with Crippen LogP contribution in [-0.2, 0) is 25.7 Å². The number of aryl methyl sites for hydroxylation is 1. The number of aromatic nitrogens is 1. The molecule has 2 aromatic carbocycles. The summed E-state index contributed by atoms with van der Waals surface area (Å²) in [5, 5.41) is 9.76. The number of hydrogen-bond acceptors (Lipinski definition) is 3. The summed E-state index contributed by atoms with van der Waals surface area (Å²) in [5.74, 6) is 0.718. The molecule has 1 unspecified atom stereocenters. The average molecular weight is 351 g/mol. The Morgan fingerprint density at radius 1 is 1.08 bits per heavy atom. The third kappa shape index (κ3) is 3.69. The lowest BCUT2D eigenvalue weighted by Crippen LogP contribution is -2.16. The fourth-order valence-corrected chi connectivity index (χ4v) is 4.53. The van der Waals surface area contributed by atoms with Crippen LogP contribution in [0, 0.1) is 5.92 Å². The second-order valence-electron chi connectivity index (χ2n) is 6.86. The maximum absolute atomic E-state index is 11.3. The Labute approximate surface area is 151 Å². The van der Waals surface area contributed by atoms with Crippen LogP contribution in [0.15, 0.2) is 53.3 Å². The van der Waals surface area contributed by atoms with Gasteiger partial charge in [-0.2, -0.15) is 0 Å². The van der Waals surface area contributed by atoms with Gasteiger partial charge in [0.2, 0.25) is 5.88 Å². The second kappa shape index (κ2) is 6.89. The first kappa shape index (κ1) is 16.2. The van der Waals surface area contributed by atoms with Gasteiger partial charge in [0.05, 0.1) is 4.88 Å². The highest BCUT2D eigenvalue weighted by molar-refractivity contribution is 7.09. The molecular weight excluding hydrogens is 330 g/mol. The molecule has 0 radical (unpaired) electrons. The van der Waals surface area contributed by atoms with Crippen molar-refractivity contribution in [2.45, 2.75) is 32.1 Å². The molecule has 25 heavy (non-hydrogen) atoms. The maximum Gasteiger partial charge on any atom is 0.307 e. The molecule has 3 aromatic rings. The predicted octanol–water partition coefficient (Wildman–Crippen LogP) is 4.08. The first-order valence-electron chi connectivity index (χ1n) is 8.73. The number of thiazole rings is 1. The monoisotopic (exact) mass is 351 g/mol. The van der Waals surface area contributed by atoms with Crippen molar-refractivity contribution in [1.82, 2.24) is 4.98 Å². The highest BCUT2D eigenvalue weighted by atomic mass is 32.1. The molecule has 0 saturated carbocycles. The van der Waals surface area contributed by atoms with E-state index in [0.717, 1.165) is 36.2 Å². The van der Waals surface area contributed by atoms with E-state index in [1.54, 1.807) is 0 Å². The number of hydrogen-bond donors (Lipinski definition) is 2. The van der Waals surface area contributed by atoms with Crippen molar-refractivity contribution in [1.29, 1.82) is 0 Å². The Morgan fingerprint density at radius 2 is 1.92 bits per heavy atom. The van der Waals surface area contributed by atoms with Crippen LogP contribution in [0.4, 0.5) is 0 Å². The quantitative estimate of drug-likeness (QED) is 0.744. The van der Waals surface area contributed by atoms with Gasteiger partial charge in [0, 0.05) is 6.42 Å². The van der Waals surface area contributed by atoms with Gasteiger partial charge in [0.1, 0.15) is 0 Å². The van der Waals surface area contributed by atoms with Gasteiger partial charge in [-0.1, -0.05) is 59.9 Å². The Hall–Kier alpha value is -2.33. The molecule has 0 saturated heterocycles. The SMILES string of the molecule is O=c1[nH]c(O)c(Cc2ccc3c(c2)CCC(Cc2ccccc2)C3)s1. The van der Waals surface area contributed by atoms with Crippen LogP contribution in [0.25, 0.3) is 0 Å². The van der Waals surface area contributed by atoms with Gasteiger partial charge in [-0.05, 0) is 53.9 Å². The lowest BCUT2D eigenvalue weighted by Gasteiger charge is -2.25. The largest absolute Gasteiger partial charge is 0.494 e. The highest BCUT2D eigenvalue weighted by Gasteiger charge is 2.19. The van der Waals surface area contributed by atoms with Crippen LogP contribution in [0.5, 0.6) is 5.88 Å². The minimum absolute atomic E-state index is 0.00986. The fraction of sp³-hybridized carbons (Fsp3) is 0.286. The van der Waals surface area contributed by atoms with Crippen molar-refractivity contribution in [3.8, 4) is 5.88 Å². The van der Waals surface area contributed by atoms with Crippen molar-refractivity contribution in [3.05, 3.63) is 85.3 Å².